The molecule has 2 fully saturated rings. The number of nitrogens with zero attached hydrogens (tertiary/aromatic N) is 1. The lowest BCUT2D eigenvalue weighted by Gasteiger charge is -2.44. The van der Waals surface area contributed by atoms with E-state index >= 15 is 0 Å². The quantitative estimate of drug-likeness (QED) is 0.330. The Bertz CT molecular complexity index is 581. The summed E-state index contributed by atoms with van der Waals surface area (Å²) in [5.41, 5.74) is 0. The lowest BCUT2D eigenvalue weighted by atomic mass is 9.87. The first-order valence-electron chi connectivity index (χ1n) is 7.51. The van der Waals surface area contributed by atoms with E-state index < -0.39 is 46.0 Å². The molecule has 0 saturated carbocycles. The molecule has 2 heterocycles. The number of carbonyl (C=O) groups excluding carboxylic acids is 3. The lowest BCUT2D eigenvalue weighted by Crippen LogP contribution is -2.67. The number of carboxylic acid groups (broad SMARTS) is 1. The molecule has 0 radical (unpaired) electrons. The molecule has 0 aromatic carbocycles. The van der Waals surface area contributed by atoms with Gasteiger partial charge in [0.25, 0.3) is 0 Å². The van der Waals surface area contributed by atoms with Gasteiger partial charge in [0.2, 0.25) is 17.7 Å². The molecule has 2 aliphatic rings. The van der Waals surface area contributed by atoms with E-state index in [1.165, 1.54) is 23.6 Å². The minimum absolute atomic E-state index is 0.126. The molecule has 0 unspecified atom stereocenters. The van der Waals surface area contributed by atoms with Gasteiger partial charge in [-0.05, 0) is 13.8 Å². The van der Waals surface area contributed by atoms with Crippen molar-refractivity contribution in [3.63, 3.8) is 0 Å². The minimum Gasteiger partial charge on any atom is -0.480 e. The molecule has 4 atom stereocenters. The van der Waals surface area contributed by atoms with Crippen molar-refractivity contribution in [2.75, 3.05) is 13.1 Å². The third-order valence-electron chi connectivity index (χ3n) is 4.12. The number of carbonyl (C=O) groups is 4. The maximum Gasteiger partial charge on any atom is 0.327 e. The van der Waals surface area contributed by atoms with E-state index in [1.807, 2.05) is 0 Å². The number of nitrogens with one attached hydrogen (secondary N) is 2. The van der Waals surface area contributed by atoms with Crippen LogP contribution in [0.25, 0.3) is 0 Å². The normalized spacial score (nSPS) is 28.6. The van der Waals surface area contributed by atoms with Crippen LogP contribution in [0.5, 0.6) is 0 Å². The van der Waals surface area contributed by atoms with Gasteiger partial charge in [0.15, 0.2) is 0 Å². The minimum atomic E-state index is -1.55. The highest BCUT2D eigenvalue weighted by Crippen LogP contribution is 2.53. The number of amides is 3. The van der Waals surface area contributed by atoms with Crippen LogP contribution in [0, 0.1) is 5.92 Å². The summed E-state index contributed by atoms with van der Waals surface area (Å²) in [4.78, 5) is 47.6. The van der Waals surface area contributed by atoms with E-state index in [-0.39, 0.29) is 19.0 Å². The number of hydrogen-bond acceptors (Lipinski definition) is 6. The predicted octanol–water partition coefficient (Wildman–Crippen LogP) is -1.64. The number of aliphatic hydroxyl groups is 1. The number of aliphatic hydroxyl groups excluding tert-OH is 1. The van der Waals surface area contributed by atoms with Gasteiger partial charge < -0.3 is 25.7 Å². The molecule has 0 aliphatic carbocycles. The Labute approximate surface area is 143 Å². The smallest absolute Gasteiger partial charge is 0.327 e. The van der Waals surface area contributed by atoms with Crippen LogP contribution in [0.15, 0.2) is 0 Å². The number of thioether (sulfide) groups is 1. The molecule has 0 spiro atoms. The van der Waals surface area contributed by atoms with Crippen molar-refractivity contribution in [2.24, 2.45) is 5.92 Å². The van der Waals surface area contributed by atoms with Crippen molar-refractivity contribution < 1.29 is 29.4 Å². The van der Waals surface area contributed by atoms with Crippen molar-refractivity contribution >= 4 is 35.5 Å². The molecule has 0 bridgehead atoms. The Morgan fingerprint density at radius 1 is 1.29 bits per heavy atom. The Morgan fingerprint density at radius 2 is 1.88 bits per heavy atom. The molecule has 0 aromatic rings. The second kappa shape index (κ2) is 6.60. The van der Waals surface area contributed by atoms with Gasteiger partial charge in [-0.3, -0.25) is 14.4 Å². The highest BCUT2D eigenvalue weighted by molar-refractivity contribution is 8.01. The van der Waals surface area contributed by atoms with Gasteiger partial charge in [-0.15, -0.1) is 11.8 Å². The SMILES string of the molecule is CC(=O)NCCNC(=O)[C@@H](O)[C@@H]1C(=O)N2[C@@H]1SC(C)(C)[C@@H]2C(=O)O. The van der Waals surface area contributed by atoms with Gasteiger partial charge in [-0.1, -0.05) is 0 Å². The first-order valence-corrected chi connectivity index (χ1v) is 8.39. The molecule has 0 aromatic heterocycles. The number of fused-ring (bicyclic) bond motifs is 1. The standard InChI is InChI=1S/C14H21N3O6S/c1-6(18)15-4-5-16-10(20)8(19)7-11(21)17-9(13(22)23)14(2,3)24-12(7)17/h7-9,12,19H,4-5H2,1-3H3,(H,15,18)(H,16,20)(H,22,23)/t7-,8+,9+,12-/m1/s1. The zero-order valence-electron chi connectivity index (χ0n) is 13.6. The molecule has 2 aliphatic heterocycles. The maximum absolute atomic E-state index is 12.3. The van der Waals surface area contributed by atoms with Gasteiger partial charge in [-0.25, -0.2) is 4.79 Å². The second-order valence-corrected chi connectivity index (χ2v) is 8.11. The molecule has 10 heteroatoms. The third kappa shape index (κ3) is 3.20. The van der Waals surface area contributed by atoms with Gasteiger partial charge in [-0.2, -0.15) is 0 Å². The Morgan fingerprint density at radius 3 is 2.42 bits per heavy atom. The van der Waals surface area contributed by atoms with Crippen LogP contribution in [0.2, 0.25) is 0 Å². The van der Waals surface area contributed by atoms with Crippen LogP contribution in [0.1, 0.15) is 20.8 Å². The topological polar surface area (TPSA) is 136 Å². The average molecular weight is 359 g/mol. The van der Waals surface area contributed by atoms with Crippen LogP contribution in [0.4, 0.5) is 0 Å². The van der Waals surface area contributed by atoms with Crippen molar-refractivity contribution in [3.8, 4) is 0 Å². The van der Waals surface area contributed by atoms with Crippen LogP contribution in [-0.4, -0.2) is 74.2 Å². The fraction of sp³-hybridized carbons (Fsp3) is 0.714. The van der Waals surface area contributed by atoms with E-state index in [0.29, 0.717) is 0 Å². The van der Waals surface area contributed by atoms with Gasteiger partial charge >= 0.3 is 5.97 Å². The van der Waals surface area contributed by atoms with E-state index in [0.717, 1.165) is 0 Å². The van der Waals surface area contributed by atoms with Crippen molar-refractivity contribution in [1.29, 1.82) is 0 Å². The van der Waals surface area contributed by atoms with E-state index in [2.05, 4.69) is 10.6 Å². The molecule has 134 valence electrons. The summed E-state index contributed by atoms with van der Waals surface area (Å²) in [6.07, 6.45) is -1.55. The predicted molar refractivity (Wildman–Crippen MR) is 84.9 cm³/mol. The molecule has 9 nitrogen and oxygen atoms in total. The number of β-lactam (4-membered cyclic amide) rings is 1. The first-order chi connectivity index (χ1) is 11.1. The number of carboxylic acids is 1. The lowest BCUT2D eigenvalue weighted by molar-refractivity contribution is -0.171. The third-order valence-corrected chi connectivity index (χ3v) is 5.72. The molecule has 2 rings (SSSR count). The van der Waals surface area contributed by atoms with Crippen molar-refractivity contribution in [3.05, 3.63) is 0 Å². The summed E-state index contributed by atoms with van der Waals surface area (Å²) in [6, 6.07) is -0.980. The maximum atomic E-state index is 12.3. The zero-order valence-corrected chi connectivity index (χ0v) is 14.4. The largest absolute Gasteiger partial charge is 0.480 e. The zero-order chi connectivity index (χ0) is 18.2. The molecule has 2 saturated heterocycles. The molecule has 24 heavy (non-hydrogen) atoms. The number of aliphatic carboxylic acids is 1. The summed E-state index contributed by atoms with van der Waals surface area (Å²) in [7, 11) is 0. The number of rotatable bonds is 6. The number of hydrogen-bond donors (Lipinski definition) is 4. The van der Waals surface area contributed by atoms with E-state index in [4.69, 9.17) is 0 Å². The molecular weight excluding hydrogens is 338 g/mol. The highest BCUT2D eigenvalue weighted by Gasteiger charge is 2.66. The Balaban J connectivity index is 1.96. The molecule has 4 N–H and O–H groups in total. The summed E-state index contributed by atoms with van der Waals surface area (Å²) >= 11 is 1.27. The average Bonchev–Trinajstić information content (AvgIpc) is 2.71. The first kappa shape index (κ1) is 18.5. The summed E-state index contributed by atoms with van der Waals surface area (Å²) in [6.45, 7) is 5.13. The summed E-state index contributed by atoms with van der Waals surface area (Å²) < 4.78 is -0.706. The molecular formula is C14H21N3O6S. The Kier molecular flexibility index (Phi) is 5.09. The Hall–Kier alpha value is -1.81. The fourth-order valence-corrected chi connectivity index (χ4v) is 4.74. The summed E-state index contributed by atoms with van der Waals surface area (Å²) in [5.74, 6) is -3.54. The van der Waals surface area contributed by atoms with Crippen molar-refractivity contribution in [1.82, 2.24) is 15.5 Å². The second-order valence-electron chi connectivity index (χ2n) is 6.34. The van der Waals surface area contributed by atoms with Gasteiger partial charge in [0, 0.05) is 24.8 Å². The fourth-order valence-electron chi connectivity index (χ4n) is 3.02. The van der Waals surface area contributed by atoms with E-state index in [9.17, 15) is 29.4 Å². The van der Waals surface area contributed by atoms with Crippen LogP contribution in [-0.2, 0) is 19.2 Å². The molecule has 3 amide bonds. The van der Waals surface area contributed by atoms with Crippen molar-refractivity contribution in [2.45, 2.75) is 43.0 Å². The summed E-state index contributed by atoms with van der Waals surface area (Å²) in [5, 5.41) is 23.9. The van der Waals surface area contributed by atoms with Gasteiger partial charge in [0.1, 0.15) is 18.1 Å². The van der Waals surface area contributed by atoms with Crippen LogP contribution < -0.4 is 10.6 Å². The highest BCUT2D eigenvalue weighted by atomic mass is 32.2. The van der Waals surface area contributed by atoms with Gasteiger partial charge in [0.05, 0.1) is 5.37 Å². The monoisotopic (exact) mass is 359 g/mol. The van der Waals surface area contributed by atoms with Crippen LogP contribution in [0.3, 0.4) is 0 Å². The van der Waals surface area contributed by atoms with Crippen LogP contribution >= 0.6 is 11.8 Å². The van der Waals surface area contributed by atoms with E-state index in [1.54, 1.807) is 13.8 Å².